The molecule has 2 aliphatic rings. The molecule has 0 atom stereocenters. The molecular formula is C22H37N5O. The average Bonchev–Trinajstić information content (AvgIpc) is 2.74. The molecule has 1 aliphatic carbocycles. The lowest BCUT2D eigenvalue weighted by atomic mass is 9.93. The van der Waals surface area contributed by atoms with Crippen molar-refractivity contribution in [2.45, 2.75) is 51.2 Å². The summed E-state index contributed by atoms with van der Waals surface area (Å²) in [7, 11) is 0. The van der Waals surface area contributed by atoms with Gasteiger partial charge in [0.25, 0.3) is 0 Å². The highest BCUT2D eigenvalue weighted by Gasteiger charge is 2.20. The summed E-state index contributed by atoms with van der Waals surface area (Å²) >= 11 is 0. The molecular weight excluding hydrogens is 350 g/mol. The molecule has 1 heterocycles. The summed E-state index contributed by atoms with van der Waals surface area (Å²) in [4.78, 5) is 9.80. The topological polar surface area (TPSA) is 63.1 Å². The van der Waals surface area contributed by atoms with E-state index in [1.54, 1.807) is 0 Å². The molecule has 2 fully saturated rings. The Kier molecular flexibility index (Phi) is 8.42. The Morgan fingerprint density at radius 1 is 1.07 bits per heavy atom. The molecule has 0 unspecified atom stereocenters. The van der Waals surface area contributed by atoms with Gasteiger partial charge in [0.05, 0.1) is 6.10 Å². The van der Waals surface area contributed by atoms with E-state index in [0.29, 0.717) is 6.04 Å². The van der Waals surface area contributed by atoms with Gasteiger partial charge in [0.2, 0.25) is 0 Å². The van der Waals surface area contributed by atoms with Crippen LogP contribution in [0.4, 0.5) is 5.69 Å². The number of nitrogens with one attached hydrogen (secondary N) is 2. The Morgan fingerprint density at radius 3 is 2.46 bits per heavy atom. The third kappa shape index (κ3) is 6.67. The van der Waals surface area contributed by atoms with Crippen molar-refractivity contribution in [3.05, 3.63) is 30.3 Å². The van der Waals surface area contributed by atoms with Crippen LogP contribution in [0.5, 0.6) is 0 Å². The number of piperazine rings is 1. The second-order valence-electron chi connectivity index (χ2n) is 7.93. The summed E-state index contributed by atoms with van der Waals surface area (Å²) in [5.41, 5.74) is 1.34. The van der Waals surface area contributed by atoms with Gasteiger partial charge in [-0.25, -0.2) is 0 Å². The molecule has 1 saturated carbocycles. The quantitative estimate of drug-likeness (QED) is 0.380. The van der Waals surface area contributed by atoms with Crippen LogP contribution in [0.15, 0.2) is 35.3 Å². The van der Waals surface area contributed by atoms with E-state index in [4.69, 9.17) is 4.99 Å². The third-order valence-corrected chi connectivity index (χ3v) is 5.78. The van der Waals surface area contributed by atoms with Crippen LogP contribution in [0.25, 0.3) is 0 Å². The zero-order chi connectivity index (χ0) is 19.6. The molecule has 1 aromatic rings. The Morgan fingerprint density at radius 2 is 1.79 bits per heavy atom. The summed E-state index contributed by atoms with van der Waals surface area (Å²) in [6.45, 7) is 9.40. The van der Waals surface area contributed by atoms with Crippen LogP contribution in [0.3, 0.4) is 0 Å². The van der Waals surface area contributed by atoms with Gasteiger partial charge >= 0.3 is 0 Å². The molecule has 0 radical (unpaired) electrons. The van der Waals surface area contributed by atoms with Crippen LogP contribution in [0.2, 0.25) is 0 Å². The molecule has 0 bridgehead atoms. The van der Waals surface area contributed by atoms with Crippen molar-refractivity contribution in [2.24, 2.45) is 4.99 Å². The number of aliphatic imine (C=N–C) groups is 1. The maximum atomic E-state index is 9.66. The van der Waals surface area contributed by atoms with Crippen molar-refractivity contribution in [1.29, 1.82) is 0 Å². The van der Waals surface area contributed by atoms with Gasteiger partial charge in [0.15, 0.2) is 5.96 Å². The summed E-state index contributed by atoms with van der Waals surface area (Å²) in [6.07, 6.45) is 4.82. The highest BCUT2D eigenvalue weighted by atomic mass is 16.3. The lowest BCUT2D eigenvalue weighted by Crippen LogP contribution is -2.47. The third-order valence-electron chi connectivity index (χ3n) is 5.78. The van der Waals surface area contributed by atoms with E-state index in [1.165, 1.54) is 5.69 Å². The van der Waals surface area contributed by atoms with E-state index in [0.717, 1.165) is 83.9 Å². The fourth-order valence-corrected chi connectivity index (χ4v) is 4.09. The predicted molar refractivity (Wildman–Crippen MR) is 117 cm³/mol. The first-order valence-corrected chi connectivity index (χ1v) is 11.0. The number of para-hydroxylation sites is 1. The Bertz CT molecular complexity index is 578. The number of hydrogen-bond donors (Lipinski definition) is 3. The van der Waals surface area contributed by atoms with Crippen molar-refractivity contribution >= 4 is 11.6 Å². The van der Waals surface area contributed by atoms with Gasteiger partial charge in [-0.05, 0) is 51.2 Å². The van der Waals surface area contributed by atoms with Crippen molar-refractivity contribution in [1.82, 2.24) is 15.5 Å². The number of anilines is 1. The standard InChI is InChI=1S/C22H37N5O/c1-2-23-22(25-19-9-11-21(28)12-10-19)24-13-6-14-26-15-17-27(18-16-26)20-7-4-3-5-8-20/h3-5,7-8,19,21,28H,2,6,9-18H2,1H3,(H2,23,24,25). The van der Waals surface area contributed by atoms with Crippen molar-refractivity contribution in [2.75, 3.05) is 50.7 Å². The van der Waals surface area contributed by atoms with Crippen molar-refractivity contribution < 1.29 is 5.11 Å². The summed E-state index contributed by atoms with van der Waals surface area (Å²) in [6, 6.07) is 11.1. The number of aliphatic hydroxyl groups is 1. The van der Waals surface area contributed by atoms with Crippen molar-refractivity contribution in [3.8, 4) is 0 Å². The molecule has 0 aromatic heterocycles. The monoisotopic (exact) mass is 387 g/mol. The van der Waals surface area contributed by atoms with Crippen LogP contribution in [0.1, 0.15) is 39.0 Å². The number of benzene rings is 1. The lowest BCUT2D eigenvalue weighted by Gasteiger charge is -2.36. The molecule has 0 amide bonds. The van der Waals surface area contributed by atoms with Crippen LogP contribution in [0, 0.1) is 0 Å². The molecule has 6 nitrogen and oxygen atoms in total. The largest absolute Gasteiger partial charge is 0.393 e. The van der Waals surface area contributed by atoms with Crippen LogP contribution in [-0.2, 0) is 0 Å². The number of nitrogens with zero attached hydrogens (tertiary/aromatic N) is 3. The first-order valence-electron chi connectivity index (χ1n) is 11.0. The Hall–Kier alpha value is -1.79. The molecule has 1 aromatic carbocycles. The normalized spacial score (nSPS) is 24.2. The van der Waals surface area contributed by atoms with Gasteiger partial charge in [-0.1, -0.05) is 18.2 Å². The minimum absolute atomic E-state index is 0.111. The molecule has 3 N–H and O–H groups in total. The highest BCUT2D eigenvalue weighted by molar-refractivity contribution is 5.80. The van der Waals surface area contributed by atoms with Gasteiger partial charge in [0, 0.05) is 57.5 Å². The summed E-state index contributed by atoms with van der Waals surface area (Å²) in [5, 5.41) is 16.6. The Balaban J connectivity index is 1.35. The number of hydrogen-bond acceptors (Lipinski definition) is 4. The highest BCUT2D eigenvalue weighted by Crippen LogP contribution is 2.18. The van der Waals surface area contributed by atoms with E-state index in [-0.39, 0.29) is 6.10 Å². The van der Waals surface area contributed by atoms with Crippen molar-refractivity contribution in [3.63, 3.8) is 0 Å². The van der Waals surface area contributed by atoms with E-state index in [1.807, 2.05) is 0 Å². The minimum atomic E-state index is -0.111. The minimum Gasteiger partial charge on any atom is -0.393 e. The van der Waals surface area contributed by atoms with Crippen LogP contribution < -0.4 is 15.5 Å². The molecule has 6 heteroatoms. The zero-order valence-corrected chi connectivity index (χ0v) is 17.3. The van der Waals surface area contributed by atoms with Gasteiger partial charge in [-0.15, -0.1) is 0 Å². The fraction of sp³-hybridized carbons (Fsp3) is 0.682. The smallest absolute Gasteiger partial charge is 0.191 e. The molecule has 1 saturated heterocycles. The maximum Gasteiger partial charge on any atom is 0.191 e. The number of aliphatic hydroxyl groups excluding tert-OH is 1. The summed E-state index contributed by atoms with van der Waals surface area (Å²) < 4.78 is 0. The molecule has 0 spiro atoms. The number of rotatable bonds is 7. The second kappa shape index (κ2) is 11.3. The van der Waals surface area contributed by atoms with Crippen LogP contribution in [-0.4, -0.2) is 73.9 Å². The van der Waals surface area contributed by atoms with Gasteiger partial charge in [0.1, 0.15) is 0 Å². The Labute approximate surface area is 170 Å². The first kappa shape index (κ1) is 20.9. The lowest BCUT2D eigenvalue weighted by molar-refractivity contribution is 0.120. The first-order chi connectivity index (χ1) is 13.7. The van der Waals surface area contributed by atoms with Gasteiger partial charge in [-0.3, -0.25) is 9.89 Å². The SMILES string of the molecule is CCNC(=NCCCN1CCN(c2ccccc2)CC1)NC1CCC(O)CC1. The molecule has 1 aliphatic heterocycles. The summed E-state index contributed by atoms with van der Waals surface area (Å²) in [5.74, 6) is 0.929. The number of guanidine groups is 1. The van der Waals surface area contributed by atoms with Crippen LogP contribution >= 0.6 is 0 Å². The van der Waals surface area contributed by atoms with E-state index >= 15 is 0 Å². The maximum absolute atomic E-state index is 9.66. The van der Waals surface area contributed by atoms with Gasteiger partial charge < -0.3 is 20.6 Å². The fourth-order valence-electron chi connectivity index (χ4n) is 4.09. The molecule has 28 heavy (non-hydrogen) atoms. The van der Waals surface area contributed by atoms with E-state index in [9.17, 15) is 5.11 Å². The molecule has 3 rings (SSSR count). The average molecular weight is 388 g/mol. The zero-order valence-electron chi connectivity index (χ0n) is 17.3. The second-order valence-corrected chi connectivity index (χ2v) is 7.93. The van der Waals surface area contributed by atoms with E-state index < -0.39 is 0 Å². The van der Waals surface area contributed by atoms with E-state index in [2.05, 4.69) is 57.7 Å². The molecule has 156 valence electrons. The predicted octanol–water partition coefficient (Wildman–Crippen LogP) is 2.06. The van der Waals surface area contributed by atoms with Gasteiger partial charge in [-0.2, -0.15) is 0 Å².